The molecule has 1 aromatic heterocycles. The third kappa shape index (κ3) is 2.30. The minimum absolute atomic E-state index is 0.130. The van der Waals surface area contributed by atoms with Crippen molar-refractivity contribution in [3.63, 3.8) is 0 Å². The molecular formula is C19H16N2O3. The predicted octanol–water partition coefficient (Wildman–Crippen LogP) is 2.69. The first-order chi connectivity index (χ1) is 11.6. The molecule has 24 heavy (non-hydrogen) atoms. The molecular weight excluding hydrogens is 304 g/mol. The van der Waals surface area contributed by atoms with Gasteiger partial charge in [0.1, 0.15) is 12.1 Å². The fraction of sp³-hybridized carbons (Fsp3) is 0.158. The summed E-state index contributed by atoms with van der Waals surface area (Å²) in [7, 11) is 0. The fourth-order valence-corrected chi connectivity index (χ4v) is 3.37. The average molecular weight is 320 g/mol. The Morgan fingerprint density at radius 2 is 1.71 bits per heavy atom. The predicted molar refractivity (Wildman–Crippen MR) is 90.1 cm³/mol. The second-order valence-electron chi connectivity index (χ2n) is 5.99. The van der Waals surface area contributed by atoms with Crippen LogP contribution in [0.5, 0.6) is 0 Å². The van der Waals surface area contributed by atoms with Crippen molar-refractivity contribution in [3.8, 4) is 0 Å². The highest BCUT2D eigenvalue weighted by molar-refractivity contribution is 6.02. The summed E-state index contributed by atoms with van der Waals surface area (Å²) in [6.45, 7) is 0. The van der Waals surface area contributed by atoms with Crippen molar-refractivity contribution < 1.29 is 14.7 Å². The van der Waals surface area contributed by atoms with Crippen LogP contribution in [0.15, 0.2) is 54.6 Å². The van der Waals surface area contributed by atoms with Crippen LogP contribution in [-0.4, -0.2) is 27.9 Å². The van der Waals surface area contributed by atoms with Gasteiger partial charge in [0.05, 0.1) is 0 Å². The van der Waals surface area contributed by atoms with Crippen LogP contribution in [0.1, 0.15) is 27.7 Å². The van der Waals surface area contributed by atoms with Gasteiger partial charge in [-0.25, -0.2) is 0 Å². The van der Waals surface area contributed by atoms with Crippen LogP contribution in [0.4, 0.5) is 0 Å². The van der Waals surface area contributed by atoms with Gasteiger partial charge in [-0.1, -0.05) is 48.5 Å². The van der Waals surface area contributed by atoms with Crippen molar-refractivity contribution in [3.05, 3.63) is 71.4 Å². The highest BCUT2D eigenvalue weighted by Gasteiger charge is 2.36. The number of rotatable bonds is 3. The second kappa shape index (κ2) is 5.62. The molecule has 0 fully saturated rings. The zero-order chi connectivity index (χ0) is 16.7. The molecule has 0 amide bonds. The summed E-state index contributed by atoms with van der Waals surface area (Å²) >= 11 is 0. The number of carboxylic acids is 1. The van der Waals surface area contributed by atoms with Gasteiger partial charge >= 0.3 is 5.97 Å². The van der Waals surface area contributed by atoms with E-state index in [1.807, 2.05) is 30.3 Å². The summed E-state index contributed by atoms with van der Waals surface area (Å²) in [4.78, 5) is 27.8. The van der Waals surface area contributed by atoms with E-state index in [2.05, 4.69) is 10.3 Å². The first-order valence-electron chi connectivity index (χ1n) is 7.83. The molecule has 2 aromatic carbocycles. The van der Waals surface area contributed by atoms with E-state index < -0.39 is 18.1 Å². The van der Waals surface area contributed by atoms with Crippen molar-refractivity contribution in [2.24, 2.45) is 0 Å². The molecule has 5 heteroatoms. The molecule has 120 valence electrons. The van der Waals surface area contributed by atoms with Gasteiger partial charge in [-0.3, -0.25) is 14.9 Å². The van der Waals surface area contributed by atoms with E-state index >= 15 is 0 Å². The van der Waals surface area contributed by atoms with Gasteiger partial charge in [-0.2, -0.15) is 0 Å². The molecule has 0 bridgehead atoms. The van der Waals surface area contributed by atoms with E-state index in [4.69, 9.17) is 0 Å². The molecule has 2 unspecified atom stereocenters. The summed E-state index contributed by atoms with van der Waals surface area (Å²) in [5.74, 6) is -1.08. The Bertz CT molecular complexity index is 930. The van der Waals surface area contributed by atoms with Crippen molar-refractivity contribution in [2.75, 3.05) is 0 Å². The lowest BCUT2D eigenvalue weighted by atomic mass is 9.90. The molecule has 2 heterocycles. The van der Waals surface area contributed by atoms with E-state index in [0.717, 1.165) is 22.2 Å². The Morgan fingerprint density at radius 1 is 1.00 bits per heavy atom. The molecule has 1 aliphatic rings. The standard InChI is InChI=1S/C19H16N2O3/c22-18(11-6-2-1-3-7-11)17-16-13(10-15(21-17)19(23)24)12-8-4-5-9-14(12)20-16/h1-9,15,17,20-21H,10H2,(H,23,24). The summed E-state index contributed by atoms with van der Waals surface area (Å²) in [6.07, 6.45) is 0.354. The number of benzene rings is 2. The summed E-state index contributed by atoms with van der Waals surface area (Å²) in [6, 6.07) is 15.2. The number of carbonyl (C=O) groups excluding carboxylic acids is 1. The molecule has 0 spiro atoms. The lowest BCUT2D eigenvalue weighted by molar-refractivity contribution is -0.139. The van der Waals surface area contributed by atoms with Gasteiger partial charge in [0.15, 0.2) is 5.78 Å². The number of para-hydroxylation sites is 1. The zero-order valence-electron chi connectivity index (χ0n) is 12.8. The van der Waals surface area contributed by atoms with Gasteiger partial charge in [0, 0.05) is 28.6 Å². The highest BCUT2D eigenvalue weighted by Crippen LogP contribution is 2.33. The van der Waals surface area contributed by atoms with Crippen LogP contribution >= 0.6 is 0 Å². The molecule has 4 rings (SSSR count). The lowest BCUT2D eigenvalue weighted by Gasteiger charge is -2.28. The van der Waals surface area contributed by atoms with Gasteiger partial charge < -0.3 is 10.1 Å². The number of carbonyl (C=O) groups is 2. The molecule has 0 saturated heterocycles. The van der Waals surface area contributed by atoms with Gasteiger partial charge in [-0.05, 0) is 11.6 Å². The van der Waals surface area contributed by atoms with Crippen LogP contribution in [0, 0.1) is 0 Å². The number of H-pyrrole nitrogens is 1. The number of hydrogen-bond acceptors (Lipinski definition) is 3. The smallest absolute Gasteiger partial charge is 0.321 e. The zero-order valence-corrected chi connectivity index (χ0v) is 12.8. The molecule has 5 nitrogen and oxygen atoms in total. The number of nitrogens with one attached hydrogen (secondary N) is 2. The van der Waals surface area contributed by atoms with Crippen molar-refractivity contribution in [2.45, 2.75) is 18.5 Å². The minimum Gasteiger partial charge on any atom is -0.480 e. The summed E-state index contributed by atoms with van der Waals surface area (Å²) in [5, 5.41) is 13.4. The Labute approximate surface area is 138 Å². The number of ketones is 1. The number of aromatic nitrogens is 1. The van der Waals surface area contributed by atoms with E-state index in [1.54, 1.807) is 24.3 Å². The highest BCUT2D eigenvalue weighted by atomic mass is 16.4. The van der Waals surface area contributed by atoms with Crippen LogP contribution in [0.2, 0.25) is 0 Å². The van der Waals surface area contributed by atoms with Gasteiger partial charge in [0.25, 0.3) is 0 Å². The Morgan fingerprint density at radius 3 is 2.46 bits per heavy atom. The number of Topliss-reactive ketones (excluding diaryl/α,β-unsaturated/α-hetero) is 1. The Balaban J connectivity index is 1.85. The largest absolute Gasteiger partial charge is 0.480 e. The average Bonchev–Trinajstić information content (AvgIpc) is 2.99. The molecule has 0 saturated carbocycles. The van der Waals surface area contributed by atoms with E-state index in [-0.39, 0.29) is 5.78 Å². The number of fused-ring (bicyclic) bond motifs is 3. The normalized spacial score (nSPS) is 19.8. The maximum absolute atomic E-state index is 12.9. The van der Waals surface area contributed by atoms with Gasteiger partial charge in [0.2, 0.25) is 0 Å². The summed E-state index contributed by atoms with van der Waals surface area (Å²) < 4.78 is 0. The van der Waals surface area contributed by atoms with E-state index in [0.29, 0.717) is 12.0 Å². The number of carboxylic acid groups (broad SMARTS) is 1. The Kier molecular flexibility index (Phi) is 3.43. The Hall–Kier alpha value is -2.92. The molecule has 0 aliphatic carbocycles. The van der Waals surface area contributed by atoms with Crippen molar-refractivity contribution in [1.29, 1.82) is 0 Å². The lowest BCUT2D eigenvalue weighted by Crippen LogP contribution is -2.47. The molecule has 1 aliphatic heterocycles. The summed E-state index contributed by atoms with van der Waals surface area (Å²) in [5.41, 5.74) is 3.15. The van der Waals surface area contributed by atoms with Crippen molar-refractivity contribution >= 4 is 22.7 Å². The van der Waals surface area contributed by atoms with Gasteiger partial charge in [-0.15, -0.1) is 0 Å². The number of aliphatic carboxylic acids is 1. The molecule has 3 N–H and O–H groups in total. The first-order valence-corrected chi connectivity index (χ1v) is 7.83. The number of hydrogen-bond donors (Lipinski definition) is 3. The van der Waals surface area contributed by atoms with E-state index in [1.165, 1.54) is 0 Å². The van der Waals surface area contributed by atoms with Crippen molar-refractivity contribution in [1.82, 2.24) is 10.3 Å². The monoisotopic (exact) mass is 320 g/mol. The minimum atomic E-state index is -0.947. The quantitative estimate of drug-likeness (QED) is 0.648. The van der Waals surface area contributed by atoms with Crippen LogP contribution < -0.4 is 5.32 Å². The third-order valence-corrected chi connectivity index (χ3v) is 4.53. The maximum Gasteiger partial charge on any atom is 0.321 e. The molecule has 3 aromatic rings. The SMILES string of the molecule is O=C(O)C1Cc2c([nH]c3ccccc23)C(C(=O)c2ccccc2)N1. The number of aromatic amines is 1. The fourth-order valence-electron chi connectivity index (χ4n) is 3.37. The maximum atomic E-state index is 12.9. The van der Waals surface area contributed by atoms with Crippen LogP contribution in [0.3, 0.4) is 0 Å². The molecule has 2 atom stereocenters. The second-order valence-corrected chi connectivity index (χ2v) is 5.99. The van der Waals surface area contributed by atoms with Crippen LogP contribution in [-0.2, 0) is 11.2 Å². The first kappa shape index (κ1) is 14.7. The third-order valence-electron chi connectivity index (χ3n) is 4.53. The molecule has 0 radical (unpaired) electrons. The van der Waals surface area contributed by atoms with Crippen LogP contribution in [0.25, 0.3) is 10.9 Å². The van der Waals surface area contributed by atoms with E-state index in [9.17, 15) is 14.7 Å². The topological polar surface area (TPSA) is 82.2 Å².